The molecule has 0 bridgehead atoms. The fraction of sp³-hybridized carbons (Fsp3) is 0.500. The lowest BCUT2D eigenvalue weighted by Crippen LogP contribution is -2.30. The van der Waals surface area contributed by atoms with Crippen molar-refractivity contribution < 1.29 is 18.0 Å². The summed E-state index contributed by atoms with van der Waals surface area (Å²) in [7, 11) is 0. The molecule has 2 N–H and O–H groups in total. The largest absolute Gasteiger partial charge is 0.417 e. The summed E-state index contributed by atoms with van der Waals surface area (Å²) in [6.45, 7) is 4.58. The predicted octanol–water partition coefficient (Wildman–Crippen LogP) is 3.87. The number of anilines is 1. The molecule has 8 heteroatoms. The first-order valence-electron chi connectivity index (χ1n) is 7.89. The Labute approximate surface area is 141 Å². The summed E-state index contributed by atoms with van der Waals surface area (Å²) < 4.78 is 41.0. The maximum absolute atomic E-state index is 13.7. The van der Waals surface area contributed by atoms with Crippen molar-refractivity contribution >= 4 is 33.1 Å². The van der Waals surface area contributed by atoms with E-state index >= 15 is 0 Å². The first-order valence-corrected chi connectivity index (χ1v) is 8.71. The van der Waals surface area contributed by atoms with Crippen LogP contribution in [-0.4, -0.2) is 28.9 Å². The highest BCUT2D eigenvalue weighted by Crippen LogP contribution is 2.46. The smallest absolute Gasteiger partial charge is 0.397 e. The molecule has 24 heavy (non-hydrogen) atoms. The Bertz CT molecular complexity index is 809. The number of nitrogen functional groups attached to an aromatic ring is 1. The number of amides is 1. The lowest BCUT2D eigenvalue weighted by Gasteiger charge is -2.18. The van der Waals surface area contributed by atoms with Gasteiger partial charge in [-0.2, -0.15) is 13.2 Å². The number of nitrogens with two attached hydrogens (primary N) is 1. The average Bonchev–Trinajstić information content (AvgIpc) is 3.09. The van der Waals surface area contributed by atoms with Crippen LogP contribution in [0.3, 0.4) is 0 Å². The number of halogens is 3. The molecule has 0 radical (unpaired) electrons. The van der Waals surface area contributed by atoms with Crippen LogP contribution < -0.4 is 5.73 Å². The van der Waals surface area contributed by atoms with Crippen molar-refractivity contribution in [1.29, 1.82) is 0 Å². The number of hydrogen-bond donors (Lipinski definition) is 1. The monoisotopic (exact) mass is 357 g/mol. The van der Waals surface area contributed by atoms with Gasteiger partial charge in [-0.3, -0.25) is 4.79 Å². The first kappa shape index (κ1) is 17.0. The SMILES string of the molecule is CCN(CC)C(=O)c1sc2nc3c(c(C(F)(F)F)c2c1N)CCC3. The second-order valence-corrected chi connectivity index (χ2v) is 6.76. The number of fused-ring (bicyclic) bond motifs is 2. The standard InChI is InChI=1S/C16H18F3N3OS/c1-3-22(4-2)15(23)13-12(20)10-11(16(17,18)19)8-6-5-7-9(8)21-14(10)24-13/h3-7,20H2,1-2H3. The maximum Gasteiger partial charge on any atom is 0.417 e. The topological polar surface area (TPSA) is 59.2 Å². The van der Waals surface area contributed by atoms with Crippen molar-refractivity contribution in [1.82, 2.24) is 9.88 Å². The molecule has 0 fully saturated rings. The molecular weight excluding hydrogens is 339 g/mol. The minimum absolute atomic E-state index is 0.0959. The van der Waals surface area contributed by atoms with Crippen molar-refractivity contribution in [2.45, 2.75) is 39.3 Å². The van der Waals surface area contributed by atoms with Crippen LogP contribution in [0.5, 0.6) is 0 Å². The minimum Gasteiger partial charge on any atom is -0.397 e. The van der Waals surface area contributed by atoms with Crippen LogP contribution in [0, 0.1) is 0 Å². The molecule has 4 nitrogen and oxygen atoms in total. The molecule has 0 spiro atoms. The molecule has 0 atom stereocenters. The van der Waals surface area contributed by atoms with Gasteiger partial charge in [0.1, 0.15) is 9.71 Å². The van der Waals surface area contributed by atoms with Crippen LogP contribution in [0.25, 0.3) is 10.2 Å². The Hall–Kier alpha value is -1.83. The fourth-order valence-corrected chi connectivity index (χ4v) is 4.36. The second-order valence-electron chi connectivity index (χ2n) is 5.77. The quantitative estimate of drug-likeness (QED) is 0.907. The van der Waals surface area contributed by atoms with Crippen molar-refractivity contribution in [2.24, 2.45) is 0 Å². The third kappa shape index (κ3) is 2.53. The van der Waals surface area contributed by atoms with Crippen molar-refractivity contribution in [3.8, 4) is 0 Å². The molecule has 0 saturated heterocycles. The number of carbonyl (C=O) groups excluding carboxylic acids is 1. The van der Waals surface area contributed by atoms with E-state index in [1.54, 1.807) is 4.90 Å². The van der Waals surface area contributed by atoms with E-state index in [2.05, 4.69) is 4.98 Å². The number of thiophene rings is 1. The van der Waals surface area contributed by atoms with Gasteiger partial charge in [-0.05, 0) is 38.7 Å². The number of alkyl halides is 3. The van der Waals surface area contributed by atoms with Crippen LogP contribution in [-0.2, 0) is 19.0 Å². The molecule has 1 amide bonds. The van der Waals surface area contributed by atoms with Crippen LogP contribution in [0.2, 0.25) is 0 Å². The van der Waals surface area contributed by atoms with Crippen molar-refractivity contribution in [3.63, 3.8) is 0 Å². The summed E-state index contributed by atoms with van der Waals surface area (Å²) in [4.78, 5) is 18.8. The van der Waals surface area contributed by atoms with Crippen LogP contribution >= 0.6 is 11.3 Å². The molecule has 2 aromatic rings. The Morgan fingerprint density at radius 1 is 1.29 bits per heavy atom. The third-order valence-electron chi connectivity index (χ3n) is 4.43. The van der Waals surface area contributed by atoms with Gasteiger partial charge in [0, 0.05) is 24.2 Å². The number of carbonyl (C=O) groups is 1. The van der Waals surface area contributed by atoms with E-state index in [9.17, 15) is 18.0 Å². The molecule has 1 aliphatic carbocycles. The molecule has 0 unspecified atom stereocenters. The van der Waals surface area contributed by atoms with Gasteiger partial charge < -0.3 is 10.6 Å². The summed E-state index contributed by atoms with van der Waals surface area (Å²) in [5, 5.41) is -0.108. The zero-order chi connectivity index (χ0) is 17.6. The van der Waals surface area contributed by atoms with Gasteiger partial charge in [0.15, 0.2) is 0 Å². The number of nitrogens with zero attached hydrogens (tertiary/aromatic N) is 2. The molecule has 2 aromatic heterocycles. The van der Waals surface area contributed by atoms with E-state index in [-0.39, 0.29) is 32.3 Å². The number of aromatic nitrogens is 1. The Balaban J connectivity index is 2.28. The third-order valence-corrected chi connectivity index (χ3v) is 5.52. The zero-order valence-electron chi connectivity index (χ0n) is 13.5. The average molecular weight is 357 g/mol. The highest BCUT2D eigenvalue weighted by Gasteiger charge is 2.40. The minimum atomic E-state index is -4.51. The molecule has 130 valence electrons. The van der Waals surface area contributed by atoms with E-state index in [1.807, 2.05) is 13.8 Å². The van der Waals surface area contributed by atoms with E-state index in [4.69, 9.17) is 5.73 Å². The highest BCUT2D eigenvalue weighted by atomic mass is 32.1. The molecule has 2 heterocycles. The summed E-state index contributed by atoms with van der Waals surface area (Å²) in [6.07, 6.45) is -2.97. The van der Waals surface area contributed by atoms with Gasteiger partial charge in [-0.25, -0.2) is 4.98 Å². The van der Waals surface area contributed by atoms with Gasteiger partial charge >= 0.3 is 6.18 Å². The van der Waals surface area contributed by atoms with Gasteiger partial charge in [0.25, 0.3) is 5.91 Å². The van der Waals surface area contributed by atoms with Gasteiger partial charge in [0.2, 0.25) is 0 Å². The molecule has 0 saturated carbocycles. The highest BCUT2D eigenvalue weighted by molar-refractivity contribution is 7.21. The molecule has 1 aliphatic rings. The Morgan fingerprint density at radius 3 is 2.54 bits per heavy atom. The lowest BCUT2D eigenvalue weighted by molar-refractivity contribution is -0.136. The predicted molar refractivity (Wildman–Crippen MR) is 88.3 cm³/mol. The summed E-state index contributed by atoms with van der Waals surface area (Å²) in [5.74, 6) is -0.339. The summed E-state index contributed by atoms with van der Waals surface area (Å²) in [6, 6.07) is 0. The fourth-order valence-electron chi connectivity index (χ4n) is 3.27. The second kappa shape index (κ2) is 5.91. The molecule has 3 rings (SSSR count). The van der Waals surface area contributed by atoms with Crippen LogP contribution in [0.1, 0.15) is 46.8 Å². The molecule has 0 aromatic carbocycles. The lowest BCUT2D eigenvalue weighted by atomic mass is 10.0. The van der Waals surface area contributed by atoms with Gasteiger partial charge in [0.05, 0.1) is 11.3 Å². The van der Waals surface area contributed by atoms with E-state index in [0.29, 0.717) is 38.0 Å². The summed E-state index contributed by atoms with van der Waals surface area (Å²) in [5.41, 5.74) is 5.93. The van der Waals surface area contributed by atoms with Crippen molar-refractivity contribution in [2.75, 3.05) is 18.8 Å². The van der Waals surface area contributed by atoms with Crippen LogP contribution in [0.4, 0.5) is 18.9 Å². The normalized spacial score (nSPS) is 14.2. The Morgan fingerprint density at radius 2 is 1.96 bits per heavy atom. The maximum atomic E-state index is 13.7. The molecule has 0 aliphatic heterocycles. The van der Waals surface area contributed by atoms with Crippen molar-refractivity contribution in [3.05, 3.63) is 21.7 Å². The van der Waals surface area contributed by atoms with Gasteiger partial charge in [-0.1, -0.05) is 0 Å². The summed E-state index contributed by atoms with van der Waals surface area (Å²) >= 11 is 0.960. The number of rotatable bonds is 3. The van der Waals surface area contributed by atoms with Crippen LogP contribution in [0.15, 0.2) is 0 Å². The molecular formula is C16H18F3N3OS. The van der Waals surface area contributed by atoms with E-state index in [0.717, 1.165) is 11.3 Å². The van der Waals surface area contributed by atoms with Gasteiger partial charge in [-0.15, -0.1) is 11.3 Å². The first-order chi connectivity index (χ1) is 11.3. The van der Waals surface area contributed by atoms with E-state index < -0.39 is 11.7 Å². The Kier molecular flexibility index (Phi) is 4.19. The zero-order valence-corrected chi connectivity index (χ0v) is 14.3. The number of pyridine rings is 1. The number of aryl methyl sites for hydroxylation is 1. The van der Waals surface area contributed by atoms with E-state index in [1.165, 1.54) is 0 Å². The number of hydrogen-bond acceptors (Lipinski definition) is 4.